The lowest BCUT2D eigenvalue weighted by Crippen LogP contribution is -2.46. The summed E-state index contributed by atoms with van der Waals surface area (Å²) < 4.78 is 5.50. The highest BCUT2D eigenvalue weighted by molar-refractivity contribution is 5.68. The molecule has 4 heteroatoms. The van der Waals surface area contributed by atoms with E-state index in [1.165, 1.54) is 0 Å². The van der Waals surface area contributed by atoms with Crippen molar-refractivity contribution in [2.75, 3.05) is 19.6 Å². The molecular weight excluding hydrogens is 228 g/mol. The van der Waals surface area contributed by atoms with E-state index in [1.54, 1.807) is 0 Å². The fourth-order valence-corrected chi connectivity index (χ4v) is 2.25. The van der Waals surface area contributed by atoms with E-state index >= 15 is 0 Å². The second-order valence-corrected chi connectivity index (χ2v) is 6.51. The summed E-state index contributed by atoms with van der Waals surface area (Å²) in [7, 11) is 0. The molecule has 1 saturated heterocycles. The molecule has 1 atom stereocenters. The molecule has 1 N–H and O–H groups in total. The van der Waals surface area contributed by atoms with Gasteiger partial charge >= 0.3 is 6.09 Å². The van der Waals surface area contributed by atoms with Gasteiger partial charge in [0.1, 0.15) is 5.60 Å². The Bertz CT molecular complexity index is 271. The van der Waals surface area contributed by atoms with Gasteiger partial charge in [-0.15, -0.1) is 0 Å². The molecule has 106 valence electrons. The minimum atomic E-state index is -0.417. The molecule has 4 nitrogen and oxygen atoms in total. The number of ether oxygens (including phenoxy) is 1. The number of rotatable bonds is 2. The molecule has 0 spiro atoms. The molecule has 0 bridgehead atoms. The predicted molar refractivity (Wildman–Crippen MR) is 73.7 cm³/mol. The average molecular weight is 256 g/mol. The Morgan fingerprint density at radius 1 is 1.44 bits per heavy atom. The highest BCUT2D eigenvalue weighted by Gasteiger charge is 2.29. The minimum Gasteiger partial charge on any atom is -0.444 e. The van der Waals surface area contributed by atoms with E-state index in [9.17, 15) is 4.79 Å². The topological polar surface area (TPSA) is 41.6 Å². The van der Waals surface area contributed by atoms with Crippen LogP contribution in [0.25, 0.3) is 0 Å². The van der Waals surface area contributed by atoms with Crippen LogP contribution < -0.4 is 5.32 Å². The van der Waals surface area contributed by atoms with Crippen LogP contribution in [0, 0.1) is 5.92 Å². The van der Waals surface area contributed by atoms with E-state index in [0.29, 0.717) is 5.92 Å². The van der Waals surface area contributed by atoms with Crippen molar-refractivity contribution >= 4 is 6.09 Å². The Morgan fingerprint density at radius 2 is 2.11 bits per heavy atom. The SMILES string of the molecule is CC(C)C[C@H]1CNCCCN1C(=O)OC(C)(C)C. The van der Waals surface area contributed by atoms with E-state index in [0.717, 1.165) is 32.5 Å². The van der Waals surface area contributed by atoms with E-state index in [2.05, 4.69) is 19.2 Å². The van der Waals surface area contributed by atoms with Crippen molar-refractivity contribution < 1.29 is 9.53 Å². The molecular formula is C14H28N2O2. The van der Waals surface area contributed by atoms with Crippen LogP contribution in [0.5, 0.6) is 0 Å². The van der Waals surface area contributed by atoms with Gasteiger partial charge in [0.05, 0.1) is 0 Å². The molecule has 0 aromatic carbocycles. The lowest BCUT2D eigenvalue weighted by atomic mass is 10.0. The van der Waals surface area contributed by atoms with Crippen LogP contribution in [0.4, 0.5) is 4.79 Å². The first-order valence-corrected chi connectivity index (χ1v) is 7.00. The summed E-state index contributed by atoms with van der Waals surface area (Å²) in [6.45, 7) is 12.8. The normalized spacial score (nSPS) is 21.9. The molecule has 1 aliphatic heterocycles. The van der Waals surface area contributed by atoms with Gasteiger partial charge in [-0.25, -0.2) is 4.79 Å². The molecule has 0 aromatic heterocycles. The molecule has 0 aromatic rings. The smallest absolute Gasteiger partial charge is 0.410 e. The second kappa shape index (κ2) is 6.41. The van der Waals surface area contributed by atoms with Crippen LogP contribution in [-0.2, 0) is 4.74 Å². The number of amides is 1. The van der Waals surface area contributed by atoms with Crippen molar-refractivity contribution in [1.29, 1.82) is 0 Å². The summed E-state index contributed by atoms with van der Waals surface area (Å²) in [4.78, 5) is 14.1. The highest BCUT2D eigenvalue weighted by Crippen LogP contribution is 2.17. The molecule has 1 rings (SSSR count). The van der Waals surface area contributed by atoms with Gasteiger partial charge in [0.2, 0.25) is 0 Å². The van der Waals surface area contributed by atoms with Gasteiger partial charge in [-0.05, 0) is 46.1 Å². The van der Waals surface area contributed by atoms with E-state index < -0.39 is 5.60 Å². The molecule has 18 heavy (non-hydrogen) atoms. The number of nitrogens with zero attached hydrogens (tertiary/aromatic N) is 1. The summed E-state index contributed by atoms with van der Waals surface area (Å²) in [5.74, 6) is 0.583. The van der Waals surface area contributed by atoms with Gasteiger partial charge in [-0.1, -0.05) is 13.8 Å². The fourth-order valence-electron chi connectivity index (χ4n) is 2.25. The van der Waals surface area contributed by atoms with E-state index in [-0.39, 0.29) is 12.1 Å². The minimum absolute atomic E-state index is 0.170. The van der Waals surface area contributed by atoms with Crippen LogP contribution in [0.15, 0.2) is 0 Å². The quantitative estimate of drug-likeness (QED) is 0.826. The van der Waals surface area contributed by atoms with Crippen molar-refractivity contribution in [3.05, 3.63) is 0 Å². The summed E-state index contributed by atoms with van der Waals surface area (Å²) in [6, 6.07) is 0.252. The number of hydrogen-bond acceptors (Lipinski definition) is 3. The van der Waals surface area contributed by atoms with Gasteiger partial charge in [-0.3, -0.25) is 0 Å². The number of carbonyl (C=O) groups is 1. The van der Waals surface area contributed by atoms with Crippen LogP contribution >= 0.6 is 0 Å². The van der Waals surface area contributed by atoms with Crippen LogP contribution in [0.3, 0.4) is 0 Å². The molecule has 1 aliphatic rings. The highest BCUT2D eigenvalue weighted by atomic mass is 16.6. The number of nitrogens with one attached hydrogen (secondary N) is 1. The van der Waals surface area contributed by atoms with Crippen molar-refractivity contribution in [3.63, 3.8) is 0 Å². The summed E-state index contributed by atoms with van der Waals surface area (Å²) in [5.41, 5.74) is -0.417. The number of carbonyl (C=O) groups excluding carboxylic acids is 1. The third kappa shape index (κ3) is 5.25. The largest absolute Gasteiger partial charge is 0.444 e. The Balaban J connectivity index is 2.69. The first kappa shape index (κ1) is 15.3. The third-order valence-electron chi connectivity index (χ3n) is 2.94. The standard InChI is InChI=1S/C14H28N2O2/c1-11(2)9-12-10-15-7-6-8-16(12)13(17)18-14(3,4)5/h11-12,15H,6-10H2,1-5H3/t12-/m0/s1. The molecule has 1 fully saturated rings. The van der Waals surface area contributed by atoms with E-state index in [1.807, 2.05) is 25.7 Å². The average Bonchev–Trinajstić information content (AvgIpc) is 2.39. The molecule has 0 saturated carbocycles. The van der Waals surface area contributed by atoms with Crippen LogP contribution in [0.1, 0.15) is 47.5 Å². The maximum absolute atomic E-state index is 12.2. The Hall–Kier alpha value is -0.770. The van der Waals surface area contributed by atoms with Crippen molar-refractivity contribution in [2.24, 2.45) is 5.92 Å². The van der Waals surface area contributed by atoms with Gasteiger partial charge in [-0.2, -0.15) is 0 Å². The van der Waals surface area contributed by atoms with Gasteiger partial charge in [0, 0.05) is 19.1 Å². The van der Waals surface area contributed by atoms with Crippen molar-refractivity contribution in [3.8, 4) is 0 Å². The van der Waals surface area contributed by atoms with Crippen LogP contribution in [0.2, 0.25) is 0 Å². The second-order valence-electron chi connectivity index (χ2n) is 6.51. The lowest BCUT2D eigenvalue weighted by Gasteiger charge is -2.33. The lowest BCUT2D eigenvalue weighted by molar-refractivity contribution is 0.0159. The fraction of sp³-hybridized carbons (Fsp3) is 0.929. The summed E-state index contributed by atoms with van der Waals surface area (Å²) >= 11 is 0. The Kier molecular flexibility index (Phi) is 5.45. The Labute approximate surface area is 111 Å². The van der Waals surface area contributed by atoms with Crippen molar-refractivity contribution in [1.82, 2.24) is 10.2 Å². The third-order valence-corrected chi connectivity index (χ3v) is 2.94. The van der Waals surface area contributed by atoms with Crippen molar-refractivity contribution in [2.45, 2.75) is 59.1 Å². The van der Waals surface area contributed by atoms with Gasteiger partial charge in [0.15, 0.2) is 0 Å². The van der Waals surface area contributed by atoms with Gasteiger partial charge < -0.3 is 15.0 Å². The first-order chi connectivity index (χ1) is 8.29. The maximum atomic E-state index is 12.2. The summed E-state index contributed by atoms with van der Waals surface area (Å²) in [5, 5.41) is 3.40. The molecule has 0 radical (unpaired) electrons. The first-order valence-electron chi connectivity index (χ1n) is 7.00. The zero-order valence-electron chi connectivity index (χ0n) is 12.5. The molecule has 1 heterocycles. The predicted octanol–water partition coefficient (Wildman–Crippen LogP) is 2.63. The van der Waals surface area contributed by atoms with Gasteiger partial charge in [0.25, 0.3) is 0 Å². The van der Waals surface area contributed by atoms with E-state index in [4.69, 9.17) is 4.74 Å². The number of hydrogen-bond donors (Lipinski definition) is 1. The molecule has 0 unspecified atom stereocenters. The zero-order chi connectivity index (χ0) is 13.8. The molecule has 1 amide bonds. The molecule has 0 aliphatic carbocycles. The Morgan fingerprint density at radius 3 is 2.67 bits per heavy atom. The van der Waals surface area contributed by atoms with Crippen LogP contribution in [-0.4, -0.2) is 42.3 Å². The monoisotopic (exact) mass is 256 g/mol. The summed E-state index contributed by atoms with van der Waals surface area (Å²) in [6.07, 6.45) is 1.84. The maximum Gasteiger partial charge on any atom is 0.410 e. The zero-order valence-corrected chi connectivity index (χ0v) is 12.5.